The summed E-state index contributed by atoms with van der Waals surface area (Å²) in [5, 5.41) is 0. The maximum atomic E-state index is 15.2. The zero-order chi connectivity index (χ0) is 15.7. The van der Waals surface area contributed by atoms with E-state index in [-0.39, 0.29) is 24.8 Å². The number of carbonyl (C=O) groups excluding carboxylic acids is 1. The number of hydrogen-bond acceptors (Lipinski definition) is 2. The van der Waals surface area contributed by atoms with E-state index in [1.165, 1.54) is 12.1 Å². The van der Waals surface area contributed by atoms with E-state index in [1.54, 1.807) is 17.9 Å². The van der Waals surface area contributed by atoms with Gasteiger partial charge in [-0.15, -0.1) is 0 Å². The minimum absolute atomic E-state index is 0.00519. The maximum absolute atomic E-state index is 15.2. The number of nitrogens with zero attached hydrogens (tertiary/aromatic N) is 1. The van der Waals surface area contributed by atoms with Crippen molar-refractivity contribution in [3.63, 3.8) is 0 Å². The van der Waals surface area contributed by atoms with Crippen molar-refractivity contribution in [1.82, 2.24) is 4.90 Å². The van der Waals surface area contributed by atoms with Crippen LogP contribution in [0.2, 0.25) is 0 Å². The lowest BCUT2D eigenvalue weighted by molar-refractivity contribution is -0.139. The van der Waals surface area contributed by atoms with Crippen molar-refractivity contribution in [2.45, 2.75) is 31.9 Å². The van der Waals surface area contributed by atoms with E-state index in [9.17, 15) is 9.18 Å². The summed E-state index contributed by atoms with van der Waals surface area (Å²) >= 11 is 0. The van der Waals surface area contributed by atoms with Gasteiger partial charge in [0, 0.05) is 19.6 Å². The van der Waals surface area contributed by atoms with Gasteiger partial charge in [0.2, 0.25) is 5.91 Å². The van der Waals surface area contributed by atoms with E-state index in [0.717, 1.165) is 12.8 Å². The molecule has 1 amide bonds. The van der Waals surface area contributed by atoms with Crippen LogP contribution >= 0.6 is 0 Å². The van der Waals surface area contributed by atoms with Gasteiger partial charge in [0.15, 0.2) is 5.67 Å². The molecule has 0 spiro atoms. The smallest absolute Gasteiger partial charge is 0.228 e. The third-order valence-corrected chi connectivity index (χ3v) is 4.60. The Bertz CT molecular complexity index is 552. The monoisotopic (exact) mass is 309 g/mol. The molecule has 0 saturated carbocycles. The van der Waals surface area contributed by atoms with E-state index in [4.69, 9.17) is 4.74 Å². The molecule has 0 unspecified atom stereocenters. The van der Waals surface area contributed by atoms with E-state index in [1.807, 2.05) is 0 Å². The number of carbonyl (C=O) groups is 1. The molecule has 1 aromatic carbocycles. The number of amides is 1. The van der Waals surface area contributed by atoms with Gasteiger partial charge in [-0.05, 0) is 43.0 Å². The summed E-state index contributed by atoms with van der Waals surface area (Å²) in [5.74, 6) is -0.629. The van der Waals surface area contributed by atoms with Gasteiger partial charge in [0.1, 0.15) is 5.82 Å². The fraction of sp³-hybridized carbons (Fsp3) is 0.588. The van der Waals surface area contributed by atoms with Crippen molar-refractivity contribution < 1.29 is 18.3 Å². The zero-order valence-electron chi connectivity index (χ0n) is 12.8. The molecule has 0 bridgehead atoms. The van der Waals surface area contributed by atoms with Crippen LogP contribution in [0.15, 0.2) is 18.2 Å². The van der Waals surface area contributed by atoms with Crippen molar-refractivity contribution in [2.24, 2.45) is 5.92 Å². The molecule has 0 aromatic heterocycles. The van der Waals surface area contributed by atoms with Crippen LogP contribution in [0.4, 0.5) is 8.78 Å². The number of hydrogen-bond donors (Lipinski definition) is 0. The summed E-state index contributed by atoms with van der Waals surface area (Å²) in [6.45, 7) is 3.24. The Hall–Kier alpha value is -1.49. The fourth-order valence-electron chi connectivity index (χ4n) is 3.39. The average Bonchev–Trinajstić information content (AvgIpc) is 2.90. The minimum Gasteiger partial charge on any atom is -0.381 e. The fourth-order valence-corrected chi connectivity index (χ4v) is 3.39. The zero-order valence-corrected chi connectivity index (χ0v) is 12.8. The highest BCUT2D eigenvalue weighted by Gasteiger charge is 2.43. The van der Waals surface area contributed by atoms with Crippen LogP contribution in [0.1, 0.15) is 30.4 Å². The van der Waals surface area contributed by atoms with Crippen molar-refractivity contribution >= 4 is 5.91 Å². The standard InChI is InChI=1S/C17H21F2NO2/c1-12-7-14(9-15(18)8-12)17(19)4-5-20(11-17)16(21)13-3-2-6-22-10-13/h7-9,13H,2-6,10-11H2,1H3/t13-,17-/m0/s1. The molecule has 5 heteroatoms. The van der Waals surface area contributed by atoms with Gasteiger partial charge >= 0.3 is 0 Å². The van der Waals surface area contributed by atoms with Crippen LogP contribution in [0, 0.1) is 18.7 Å². The van der Waals surface area contributed by atoms with E-state index in [2.05, 4.69) is 0 Å². The van der Waals surface area contributed by atoms with Crippen molar-refractivity contribution in [3.05, 3.63) is 35.1 Å². The Kier molecular flexibility index (Phi) is 4.17. The molecule has 3 nitrogen and oxygen atoms in total. The Morgan fingerprint density at radius 1 is 1.41 bits per heavy atom. The minimum atomic E-state index is -1.65. The molecule has 22 heavy (non-hydrogen) atoms. The lowest BCUT2D eigenvalue weighted by Crippen LogP contribution is -2.39. The predicted octanol–water partition coefficient (Wildman–Crippen LogP) is 2.96. The molecule has 0 N–H and O–H groups in total. The molecule has 2 fully saturated rings. The molecule has 0 aliphatic carbocycles. The Balaban J connectivity index is 1.73. The van der Waals surface area contributed by atoms with Gasteiger partial charge in [0.25, 0.3) is 0 Å². The van der Waals surface area contributed by atoms with E-state index in [0.29, 0.717) is 30.9 Å². The molecular weight excluding hydrogens is 288 g/mol. The molecular formula is C17H21F2NO2. The van der Waals surface area contributed by atoms with Crippen LogP contribution in [0.25, 0.3) is 0 Å². The van der Waals surface area contributed by atoms with Crippen molar-refractivity contribution in [2.75, 3.05) is 26.3 Å². The molecule has 2 heterocycles. The number of halogens is 2. The second-order valence-electron chi connectivity index (χ2n) is 6.41. The first-order valence-corrected chi connectivity index (χ1v) is 7.81. The molecule has 2 aliphatic heterocycles. The van der Waals surface area contributed by atoms with Gasteiger partial charge < -0.3 is 9.64 Å². The van der Waals surface area contributed by atoms with Crippen LogP contribution in [-0.2, 0) is 15.2 Å². The Morgan fingerprint density at radius 2 is 2.23 bits per heavy atom. The number of aryl methyl sites for hydroxylation is 1. The van der Waals surface area contributed by atoms with Crippen LogP contribution in [-0.4, -0.2) is 37.1 Å². The quantitative estimate of drug-likeness (QED) is 0.840. The van der Waals surface area contributed by atoms with Crippen LogP contribution in [0.3, 0.4) is 0 Å². The normalized spacial score (nSPS) is 28.9. The summed E-state index contributed by atoms with van der Waals surface area (Å²) in [6, 6.07) is 4.29. The molecule has 120 valence electrons. The summed E-state index contributed by atoms with van der Waals surface area (Å²) in [6.07, 6.45) is 1.89. The summed E-state index contributed by atoms with van der Waals surface area (Å²) in [5.41, 5.74) is -0.629. The summed E-state index contributed by atoms with van der Waals surface area (Å²) in [4.78, 5) is 14.0. The highest BCUT2D eigenvalue weighted by molar-refractivity contribution is 5.79. The average molecular weight is 309 g/mol. The summed E-state index contributed by atoms with van der Waals surface area (Å²) in [7, 11) is 0. The second-order valence-corrected chi connectivity index (χ2v) is 6.41. The largest absolute Gasteiger partial charge is 0.381 e. The van der Waals surface area contributed by atoms with Crippen LogP contribution in [0.5, 0.6) is 0 Å². The highest BCUT2D eigenvalue weighted by atomic mass is 19.1. The number of likely N-dealkylation sites (tertiary alicyclic amines) is 1. The number of rotatable bonds is 2. The third kappa shape index (κ3) is 3.00. The predicted molar refractivity (Wildman–Crippen MR) is 78.7 cm³/mol. The van der Waals surface area contributed by atoms with Gasteiger partial charge in [-0.3, -0.25) is 4.79 Å². The van der Waals surface area contributed by atoms with E-state index < -0.39 is 11.5 Å². The van der Waals surface area contributed by atoms with Gasteiger partial charge in [-0.2, -0.15) is 0 Å². The van der Waals surface area contributed by atoms with E-state index >= 15 is 4.39 Å². The molecule has 2 aliphatic rings. The molecule has 2 atom stereocenters. The first kappa shape index (κ1) is 15.4. The van der Waals surface area contributed by atoms with Crippen LogP contribution < -0.4 is 0 Å². The van der Waals surface area contributed by atoms with Gasteiger partial charge in [-0.1, -0.05) is 6.07 Å². The number of alkyl halides is 1. The topological polar surface area (TPSA) is 29.5 Å². The first-order chi connectivity index (χ1) is 10.5. The van der Waals surface area contributed by atoms with Gasteiger partial charge in [-0.25, -0.2) is 8.78 Å². The Labute approximate surface area is 129 Å². The SMILES string of the molecule is Cc1cc(F)cc([C@]2(F)CCN(C(=O)[C@H]3CCCOC3)C2)c1. The molecule has 2 saturated heterocycles. The number of ether oxygens (including phenoxy) is 1. The lowest BCUT2D eigenvalue weighted by Gasteiger charge is -2.27. The lowest BCUT2D eigenvalue weighted by atomic mass is 9.93. The summed E-state index contributed by atoms with van der Waals surface area (Å²) < 4.78 is 34.1. The first-order valence-electron chi connectivity index (χ1n) is 7.81. The molecule has 1 aromatic rings. The maximum Gasteiger partial charge on any atom is 0.228 e. The van der Waals surface area contributed by atoms with Crippen molar-refractivity contribution in [3.8, 4) is 0 Å². The molecule has 3 rings (SSSR count). The van der Waals surface area contributed by atoms with Gasteiger partial charge in [0.05, 0.1) is 19.1 Å². The second kappa shape index (κ2) is 5.95. The third-order valence-electron chi connectivity index (χ3n) is 4.60. The molecule has 0 radical (unpaired) electrons. The highest BCUT2D eigenvalue weighted by Crippen LogP contribution is 2.37. The van der Waals surface area contributed by atoms with Crippen molar-refractivity contribution in [1.29, 1.82) is 0 Å². The number of benzene rings is 1. The Morgan fingerprint density at radius 3 is 2.91 bits per heavy atom.